The summed E-state index contributed by atoms with van der Waals surface area (Å²) in [5, 5.41) is 18.3. The number of hydrogen-bond acceptors (Lipinski definition) is 9. The smallest absolute Gasteiger partial charge is 0.338 e. The second-order valence-electron chi connectivity index (χ2n) is 6.80. The number of nitrogens with zero attached hydrogens (tertiary/aromatic N) is 3. The first kappa shape index (κ1) is 20.6. The molecule has 1 N–H and O–H groups in total. The Balaban J connectivity index is 1.36. The van der Waals surface area contributed by atoms with Gasteiger partial charge in [-0.25, -0.2) is 17.9 Å². The quantitative estimate of drug-likeness (QED) is 0.313. The minimum atomic E-state index is -3.60. The van der Waals surface area contributed by atoms with Gasteiger partial charge in [0.2, 0.25) is 15.9 Å². The van der Waals surface area contributed by atoms with Gasteiger partial charge in [-0.05, 0) is 49.2 Å². The van der Waals surface area contributed by atoms with Crippen molar-refractivity contribution in [3.63, 3.8) is 0 Å². The minimum Gasteiger partial charge on any atom is -0.452 e. The lowest BCUT2D eigenvalue weighted by Crippen LogP contribution is -2.25. The first-order valence-corrected chi connectivity index (χ1v) is 10.7. The van der Waals surface area contributed by atoms with Crippen molar-refractivity contribution >= 4 is 21.7 Å². The highest BCUT2D eigenvalue weighted by atomic mass is 32.2. The predicted octanol–water partition coefficient (Wildman–Crippen LogP) is 2.44. The number of rotatable bonds is 8. The highest BCUT2D eigenvalue weighted by molar-refractivity contribution is 7.89. The molecule has 1 fully saturated rings. The van der Waals surface area contributed by atoms with E-state index in [1.807, 2.05) is 0 Å². The van der Waals surface area contributed by atoms with Gasteiger partial charge in [-0.3, -0.25) is 10.1 Å². The molecule has 1 saturated carbocycles. The maximum absolute atomic E-state index is 12.2. The van der Waals surface area contributed by atoms with Gasteiger partial charge in [0, 0.05) is 23.7 Å². The third kappa shape index (κ3) is 4.92. The lowest BCUT2D eigenvalue weighted by molar-refractivity contribution is -0.384. The van der Waals surface area contributed by atoms with Gasteiger partial charge in [0.25, 0.3) is 11.6 Å². The van der Waals surface area contributed by atoms with Crippen LogP contribution in [0, 0.1) is 10.1 Å². The third-order valence-electron chi connectivity index (χ3n) is 4.42. The Bertz CT molecular complexity index is 1220. The lowest BCUT2D eigenvalue weighted by atomic mass is 10.2. The highest BCUT2D eigenvalue weighted by Crippen LogP contribution is 2.23. The number of esters is 1. The Kier molecular flexibility index (Phi) is 5.48. The molecule has 0 spiro atoms. The summed E-state index contributed by atoms with van der Waals surface area (Å²) < 4.78 is 37.4. The van der Waals surface area contributed by atoms with Gasteiger partial charge in [-0.1, -0.05) is 0 Å². The van der Waals surface area contributed by atoms with E-state index in [9.17, 15) is 23.3 Å². The van der Waals surface area contributed by atoms with Crippen LogP contribution in [0.15, 0.2) is 57.8 Å². The fourth-order valence-corrected chi connectivity index (χ4v) is 3.93. The van der Waals surface area contributed by atoms with E-state index in [-0.39, 0.29) is 40.6 Å². The number of hydrogen-bond donors (Lipinski definition) is 1. The Hall–Kier alpha value is -3.64. The molecule has 0 amide bonds. The molecule has 2 aromatic carbocycles. The molecule has 4 rings (SSSR count). The van der Waals surface area contributed by atoms with Crippen molar-refractivity contribution in [1.82, 2.24) is 14.9 Å². The molecule has 1 aliphatic carbocycles. The molecule has 0 aliphatic heterocycles. The molecule has 1 heterocycles. The van der Waals surface area contributed by atoms with Crippen LogP contribution in [0.3, 0.4) is 0 Å². The van der Waals surface area contributed by atoms with E-state index in [0.29, 0.717) is 5.56 Å². The Morgan fingerprint density at radius 2 is 1.81 bits per heavy atom. The van der Waals surface area contributed by atoms with Crippen LogP contribution in [0.5, 0.6) is 0 Å². The van der Waals surface area contributed by atoms with Gasteiger partial charge in [0.15, 0.2) is 6.61 Å². The predicted molar refractivity (Wildman–Crippen MR) is 105 cm³/mol. The molecule has 0 unspecified atom stereocenters. The number of aromatic nitrogens is 2. The Morgan fingerprint density at radius 1 is 1.13 bits per heavy atom. The van der Waals surface area contributed by atoms with E-state index in [0.717, 1.165) is 12.8 Å². The SMILES string of the molecule is O=C(OCc1nnc(-c2ccc([N+](=O)[O-])cc2)o1)c1ccc(S(=O)(=O)NC2CC2)cc1. The van der Waals surface area contributed by atoms with Gasteiger partial charge in [-0.2, -0.15) is 0 Å². The summed E-state index contributed by atoms with van der Waals surface area (Å²) in [6.45, 7) is -0.290. The van der Waals surface area contributed by atoms with Crippen LogP contribution in [0.4, 0.5) is 5.69 Å². The van der Waals surface area contributed by atoms with Crippen LogP contribution in [0.1, 0.15) is 29.1 Å². The number of carbonyl (C=O) groups is 1. The molecule has 160 valence electrons. The van der Waals surface area contributed by atoms with E-state index >= 15 is 0 Å². The molecule has 31 heavy (non-hydrogen) atoms. The molecular weight excluding hydrogens is 428 g/mol. The summed E-state index contributed by atoms with van der Waals surface area (Å²) in [6, 6.07) is 10.9. The number of nitrogens with one attached hydrogen (secondary N) is 1. The van der Waals surface area contributed by atoms with Crippen molar-refractivity contribution in [2.24, 2.45) is 0 Å². The first-order valence-electron chi connectivity index (χ1n) is 9.18. The summed E-state index contributed by atoms with van der Waals surface area (Å²) in [4.78, 5) is 22.5. The summed E-state index contributed by atoms with van der Waals surface area (Å²) in [6.07, 6.45) is 1.65. The molecule has 3 aromatic rings. The third-order valence-corrected chi connectivity index (χ3v) is 5.95. The number of ether oxygens (including phenoxy) is 1. The molecule has 0 radical (unpaired) electrons. The van der Waals surface area contributed by atoms with E-state index < -0.39 is 20.9 Å². The summed E-state index contributed by atoms with van der Waals surface area (Å²) >= 11 is 0. The fourth-order valence-electron chi connectivity index (χ4n) is 2.62. The number of nitro benzene ring substituents is 1. The standard InChI is InChI=1S/C19H16N4O7S/c24-19(13-3-9-16(10-4-13)31(27,28)22-14-5-6-14)29-11-17-20-21-18(30-17)12-1-7-15(8-2-12)23(25)26/h1-4,7-10,14,22H,5-6,11H2. The van der Waals surface area contributed by atoms with Crippen molar-refractivity contribution < 1.29 is 27.3 Å². The van der Waals surface area contributed by atoms with Gasteiger partial charge in [0.1, 0.15) is 0 Å². The summed E-state index contributed by atoms with van der Waals surface area (Å²) in [7, 11) is -3.60. The zero-order valence-electron chi connectivity index (χ0n) is 15.9. The monoisotopic (exact) mass is 444 g/mol. The van der Waals surface area contributed by atoms with Crippen LogP contribution in [0.25, 0.3) is 11.5 Å². The van der Waals surface area contributed by atoms with Gasteiger partial charge >= 0.3 is 5.97 Å². The summed E-state index contributed by atoms with van der Waals surface area (Å²) in [5.74, 6) is -0.526. The van der Waals surface area contributed by atoms with E-state index in [4.69, 9.17) is 9.15 Å². The maximum atomic E-state index is 12.2. The van der Waals surface area contributed by atoms with E-state index in [1.54, 1.807) is 0 Å². The van der Waals surface area contributed by atoms with Crippen molar-refractivity contribution in [1.29, 1.82) is 0 Å². The molecule has 0 saturated heterocycles. The van der Waals surface area contributed by atoms with Gasteiger partial charge < -0.3 is 9.15 Å². The van der Waals surface area contributed by atoms with E-state index in [1.165, 1.54) is 48.5 Å². The highest BCUT2D eigenvalue weighted by Gasteiger charge is 2.28. The zero-order valence-corrected chi connectivity index (χ0v) is 16.7. The van der Waals surface area contributed by atoms with Crippen LogP contribution in [-0.2, 0) is 21.4 Å². The van der Waals surface area contributed by atoms with Crippen LogP contribution >= 0.6 is 0 Å². The van der Waals surface area contributed by atoms with Crippen molar-refractivity contribution in [3.05, 3.63) is 70.1 Å². The van der Waals surface area contributed by atoms with Crippen molar-refractivity contribution in [2.75, 3.05) is 0 Å². The second kappa shape index (κ2) is 8.24. The fraction of sp³-hybridized carbons (Fsp3) is 0.211. The average Bonchev–Trinajstić information content (AvgIpc) is 3.44. The molecular formula is C19H16N4O7S. The van der Waals surface area contributed by atoms with Gasteiger partial charge in [-0.15, -0.1) is 10.2 Å². The normalized spacial score (nSPS) is 13.7. The van der Waals surface area contributed by atoms with Crippen molar-refractivity contribution in [3.8, 4) is 11.5 Å². The number of non-ortho nitro benzene ring substituents is 1. The molecule has 0 bridgehead atoms. The molecule has 1 aliphatic rings. The number of benzene rings is 2. The first-order chi connectivity index (χ1) is 14.8. The molecule has 0 atom stereocenters. The molecule has 12 heteroatoms. The molecule has 11 nitrogen and oxygen atoms in total. The Morgan fingerprint density at radius 3 is 2.42 bits per heavy atom. The molecule has 1 aromatic heterocycles. The maximum Gasteiger partial charge on any atom is 0.338 e. The topological polar surface area (TPSA) is 155 Å². The lowest BCUT2D eigenvalue weighted by Gasteiger charge is -2.06. The van der Waals surface area contributed by atoms with Crippen LogP contribution in [-0.4, -0.2) is 35.5 Å². The van der Waals surface area contributed by atoms with Crippen LogP contribution in [0.2, 0.25) is 0 Å². The largest absolute Gasteiger partial charge is 0.452 e. The number of nitro groups is 1. The average molecular weight is 444 g/mol. The van der Waals surface area contributed by atoms with Gasteiger partial charge in [0.05, 0.1) is 15.4 Å². The zero-order chi connectivity index (χ0) is 22.0. The van der Waals surface area contributed by atoms with Crippen LogP contribution < -0.4 is 4.72 Å². The second-order valence-corrected chi connectivity index (χ2v) is 8.51. The van der Waals surface area contributed by atoms with Crippen molar-refractivity contribution in [2.45, 2.75) is 30.4 Å². The Labute approximate surface area is 176 Å². The van der Waals surface area contributed by atoms with E-state index in [2.05, 4.69) is 14.9 Å². The summed E-state index contributed by atoms with van der Waals surface area (Å²) in [5.41, 5.74) is 0.576. The number of carbonyl (C=O) groups excluding carboxylic acids is 1. The number of sulfonamides is 1. The minimum absolute atomic E-state index is 0.0139.